The molecule has 134 valence electrons. The van der Waals surface area contributed by atoms with E-state index in [2.05, 4.69) is 10.6 Å². The van der Waals surface area contributed by atoms with E-state index in [4.69, 9.17) is 9.47 Å². The number of amides is 2. The van der Waals surface area contributed by atoms with Gasteiger partial charge in [0.1, 0.15) is 0 Å². The van der Waals surface area contributed by atoms with Gasteiger partial charge in [-0.2, -0.15) is 0 Å². The van der Waals surface area contributed by atoms with E-state index in [9.17, 15) is 24.8 Å². The Kier molecular flexibility index (Phi) is 5.11. The van der Waals surface area contributed by atoms with Crippen molar-refractivity contribution in [1.29, 1.82) is 0 Å². The van der Waals surface area contributed by atoms with Crippen molar-refractivity contribution in [1.82, 2.24) is 10.6 Å². The molecule has 1 atom stereocenters. The molecule has 2 amide bonds. The molecule has 10 nitrogen and oxygen atoms in total. The smallest absolute Gasteiger partial charge is 0.337 e. The minimum absolute atomic E-state index is 0.0875. The molecule has 1 heterocycles. The van der Waals surface area contributed by atoms with Gasteiger partial charge in [0, 0.05) is 11.8 Å². The predicted molar refractivity (Wildman–Crippen MR) is 85.1 cm³/mol. The Morgan fingerprint density at radius 2 is 2.12 bits per heavy atom. The van der Waals surface area contributed by atoms with Gasteiger partial charge in [-0.05, 0) is 25.5 Å². The molecule has 1 aromatic carbocycles. The average Bonchev–Trinajstić information content (AvgIpc) is 2.55. The van der Waals surface area contributed by atoms with Crippen LogP contribution in [0.15, 0.2) is 23.4 Å². The number of rotatable bonds is 5. The SMILES string of the molecule is CCOc1cc([C@H]2NC(=O)NC(C)=C2C(=O)OC)cc([N+](=O)[O-])c1O. The van der Waals surface area contributed by atoms with Gasteiger partial charge in [0.05, 0.1) is 30.3 Å². The molecule has 10 heteroatoms. The number of phenolic OH excluding ortho intramolecular Hbond substituents is 1. The van der Waals surface area contributed by atoms with Gasteiger partial charge < -0.3 is 25.2 Å². The summed E-state index contributed by atoms with van der Waals surface area (Å²) < 4.78 is 9.94. The molecule has 0 saturated heterocycles. The van der Waals surface area contributed by atoms with Gasteiger partial charge in [-0.25, -0.2) is 9.59 Å². The first-order chi connectivity index (χ1) is 11.8. The van der Waals surface area contributed by atoms with Gasteiger partial charge in [-0.15, -0.1) is 0 Å². The summed E-state index contributed by atoms with van der Waals surface area (Å²) in [4.78, 5) is 34.3. The third-order valence-electron chi connectivity index (χ3n) is 3.58. The highest BCUT2D eigenvalue weighted by atomic mass is 16.6. The molecule has 0 radical (unpaired) electrons. The molecule has 0 aliphatic carbocycles. The van der Waals surface area contributed by atoms with E-state index in [-0.39, 0.29) is 29.2 Å². The quantitative estimate of drug-likeness (QED) is 0.415. The van der Waals surface area contributed by atoms with Crippen LogP contribution >= 0.6 is 0 Å². The number of carbonyl (C=O) groups is 2. The molecule has 1 aromatic rings. The summed E-state index contributed by atoms with van der Waals surface area (Å²) in [6, 6.07) is 0.825. The van der Waals surface area contributed by atoms with E-state index in [1.807, 2.05) is 0 Å². The number of nitro groups is 1. The second-order valence-electron chi connectivity index (χ2n) is 5.14. The van der Waals surface area contributed by atoms with Crippen LogP contribution in [0.4, 0.5) is 10.5 Å². The Hall–Kier alpha value is -3.30. The van der Waals surface area contributed by atoms with Crippen LogP contribution in [-0.2, 0) is 9.53 Å². The van der Waals surface area contributed by atoms with E-state index in [0.717, 1.165) is 6.07 Å². The van der Waals surface area contributed by atoms with Crippen molar-refractivity contribution >= 4 is 17.7 Å². The average molecular weight is 351 g/mol. The van der Waals surface area contributed by atoms with Crippen LogP contribution in [-0.4, -0.2) is 35.7 Å². The molecule has 25 heavy (non-hydrogen) atoms. The molecule has 1 aliphatic heterocycles. The van der Waals surface area contributed by atoms with E-state index in [1.54, 1.807) is 6.92 Å². The van der Waals surface area contributed by atoms with Crippen molar-refractivity contribution < 1.29 is 29.1 Å². The van der Waals surface area contributed by atoms with Crippen molar-refractivity contribution in [2.45, 2.75) is 19.9 Å². The fraction of sp³-hybridized carbons (Fsp3) is 0.333. The lowest BCUT2D eigenvalue weighted by Gasteiger charge is -2.28. The van der Waals surface area contributed by atoms with E-state index in [1.165, 1.54) is 20.1 Å². The topological polar surface area (TPSA) is 140 Å². The Morgan fingerprint density at radius 1 is 1.44 bits per heavy atom. The summed E-state index contributed by atoms with van der Waals surface area (Å²) in [7, 11) is 1.18. The number of phenols is 1. The Bertz CT molecular complexity index is 773. The van der Waals surface area contributed by atoms with Gasteiger partial charge in [0.25, 0.3) is 0 Å². The maximum atomic E-state index is 12.1. The molecule has 3 N–H and O–H groups in total. The van der Waals surface area contributed by atoms with Crippen LogP contribution in [0.2, 0.25) is 0 Å². The predicted octanol–water partition coefficient (Wildman–Crippen LogP) is 1.50. The van der Waals surface area contributed by atoms with E-state index >= 15 is 0 Å². The number of nitrogens with zero attached hydrogens (tertiary/aromatic N) is 1. The van der Waals surface area contributed by atoms with Crippen LogP contribution in [0.25, 0.3) is 0 Å². The number of nitrogens with one attached hydrogen (secondary N) is 2. The zero-order valence-corrected chi connectivity index (χ0v) is 13.8. The molecule has 0 unspecified atom stereocenters. The van der Waals surface area contributed by atoms with Gasteiger partial charge in [0.2, 0.25) is 5.75 Å². The number of allylic oxidation sites excluding steroid dienone is 1. The Morgan fingerprint density at radius 3 is 2.68 bits per heavy atom. The van der Waals surface area contributed by atoms with Crippen LogP contribution in [0.3, 0.4) is 0 Å². The molecule has 0 aromatic heterocycles. The monoisotopic (exact) mass is 351 g/mol. The number of urea groups is 1. The summed E-state index contributed by atoms with van der Waals surface area (Å²) in [5, 5.41) is 26.1. The number of benzene rings is 1. The van der Waals surface area contributed by atoms with Crippen molar-refractivity contribution in [3.8, 4) is 11.5 Å². The standard InChI is InChI=1S/C15H17N3O7/c1-4-25-10-6-8(5-9(13(10)19)18(22)23)12-11(14(20)24-3)7(2)16-15(21)17-12/h5-6,12,19H,4H2,1-3H3,(H2,16,17,21)/t12-/m1/s1. The zero-order chi connectivity index (χ0) is 18.7. The van der Waals surface area contributed by atoms with Gasteiger partial charge in [0.15, 0.2) is 5.75 Å². The lowest BCUT2D eigenvalue weighted by atomic mass is 9.94. The van der Waals surface area contributed by atoms with Crippen LogP contribution in [0.5, 0.6) is 11.5 Å². The molecular weight excluding hydrogens is 334 g/mol. The van der Waals surface area contributed by atoms with Gasteiger partial charge in [-0.3, -0.25) is 10.1 Å². The van der Waals surface area contributed by atoms with Gasteiger partial charge >= 0.3 is 17.7 Å². The number of methoxy groups -OCH3 is 1. The minimum atomic E-state index is -1.00. The van der Waals surface area contributed by atoms with Crippen LogP contribution in [0.1, 0.15) is 25.5 Å². The number of nitro benzene ring substituents is 1. The third-order valence-corrected chi connectivity index (χ3v) is 3.58. The highest BCUT2D eigenvalue weighted by Gasteiger charge is 2.34. The number of aromatic hydroxyl groups is 1. The van der Waals surface area contributed by atoms with Crippen molar-refractivity contribution in [2.75, 3.05) is 13.7 Å². The maximum absolute atomic E-state index is 12.1. The van der Waals surface area contributed by atoms with E-state index in [0.29, 0.717) is 0 Å². The largest absolute Gasteiger partial charge is 0.500 e. The molecule has 0 saturated carbocycles. The van der Waals surface area contributed by atoms with Crippen molar-refractivity contribution in [2.24, 2.45) is 0 Å². The second-order valence-corrected chi connectivity index (χ2v) is 5.14. The molecular formula is C15H17N3O7. The number of hydrogen-bond donors (Lipinski definition) is 3. The van der Waals surface area contributed by atoms with Crippen molar-refractivity contribution in [3.63, 3.8) is 0 Å². The van der Waals surface area contributed by atoms with Gasteiger partial charge in [-0.1, -0.05) is 0 Å². The zero-order valence-electron chi connectivity index (χ0n) is 13.8. The Balaban J connectivity index is 2.65. The molecule has 1 aliphatic rings. The summed E-state index contributed by atoms with van der Waals surface area (Å²) in [5.41, 5.74) is -0.0584. The number of hydrogen-bond acceptors (Lipinski definition) is 7. The second kappa shape index (κ2) is 7.07. The fourth-order valence-corrected chi connectivity index (χ4v) is 2.51. The van der Waals surface area contributed by atoms with Crippen LogP contribution < -0.4 is 15.4 Å². The lowest BCUT2D eigenvalue weighted by Crippen LogP contribution is -2.45. The summed E-state index contributed by atoms with van der Waals surface area (Å²) in [6.45, 7) is 3.32. The number of ether oxygens (including phenoxy) is 2. The summed E-state index contributed by atoms with van der Waals surface area (Å²) in [6.07, 6.45) is 0. The lowest BCUT2D eigenvalue weighted by molar-refractivity contribution is -0.386. The Labute approximate surface area is 142 Å². The number of carbonyl (C=O) groups excluding carboxylic acids is 2. The highest BCUT2D eigenvalue weighted by molar-refractivity contribution is 5.95. The van der Waals surface area contributed by atoms with Crippen LogP contribution in [0, 0.1) is 10.1 Å². The highest BCUT2D eigenvalue weighted by Crippen LogP contribution is 2.40. The third kappa shape index (κ3) is 3.47. The first kappa shape index (κ1) is 18.0. The number of esters is 1. The van der Waals surface area contributed by atoms with Crippen molar-refractivity contribution in [3.05, 3.63) is 39.1 Å². The molecule has 0 spiro atoms. The first-order valence-corrected chi connectivity index (χ1v) is 7.30. The first-order valence-electron chi connectivity index (χ1n) is 7.30. The molecule has 2 rings (SSSR count). The fourth-order valence-electron chi connectivity index (χ4n) is 2.51. The summed E-state index contributed by atoms with van der Waals surface area (Å²) in [5.74, 6) is -1.46. The minimum Gasteiger partial charge on any atom is -0.500 e. The summed E-state index contributed by atoms with van der Waals surface area (Å²) >= 11 is 0. The molecule has 0 fully saturated rings. The van der Waals surface area contributed by atoms with E-state index < -0.39 is 34.4 Å². The maximum Gasteiger partial charge on any atom is 0.337 e. The molecule has 0 bridgehead atoms. The normalized spacial score (nSPS) is 16.8.